The molecule has 0 bridgehead atoms. The number of carbonyl (C=O) groups is 2. The first-order valence-electron chi connectivity index (χ1n) is 14.9. The normalized spacial score (nSPS) is 17.0. The molecule has 1 fully saturated rings. The Bertz CT molecular complexity index is 1700. The van der Waals surface area contributed by atoms with Gasteiger partial charge in [0.05, 0.1) is 17.3 Å². The zero-order chi connectivity index (χ0) is 30.6. The first-order chi connectivity index (χ1) is 21.3. The fraction of sp³-hybridized carbons (Fsp3) is 0.222. The summed E-state index contributed by atoms with van der Waals surface area (Å²) in [6.45, 7) is 7.13. The van der Waals surface area contributed by atoms with Crippen molar-refractivity contribution in [1.82, 2.24) is 15.1 Å². The maximum atomic E-state index is 13.5. The molecule has 0 saturated carbocycles. The summed E-state index contributed by atoms with van der Waals surface area (Å²) in [5.74, 6) is -0.452. The molecule has 3 N–H and O–H groups in total. The first-order valence-corrected chi connectivity index (χ1v) is 15.3. The third-order valence-electron chi connectivity index (χ3n) is 8.26. The average Bonchev–Trinajstić information content (AvgIpc) is 3.36. The average molecular weight is 606 g/mol. The molecule has 4 aromatic rings. The Balaban J connectivity index is 1.28. The third-order valence-corrected chi connectivity index (χ3v) is 8.50. The molecule has 1 saturated heterocycles. The molecule has 0 aromatic heterocycles. The summed E-state index contributed by atoms with van der Waals surface area (Å²) >= 11 is 6.16. The van der Waals surface area contributed by atoms with Crippen molar-refractivity contribution in [1.29, 1.82) is 0 Å². The lowest BCUT2D eigenvalue weighted by atomic mass is 9.98. The molecule has 4 aromatic carbocycles. The molecule has 7 nitrogen and oxygen atoms in total. The van der Waals surface area contributed by atoms with Gasteiger partial charge in [0.2, 0.25) is 0 Å². The molecule has 6 rings (SSSR count). The highest BCUT2D eigenvalue weighted by Gasteiger charge is 2.29. The Kier molecular flexibility index (Phi) is 8.79. The van der Waals surface area contributed by atoms with Gasteiger partial charge in [-0.05, 0) is 73.1 Å². The van der Waals surface area contributed by atoms with Crippen LogP contribution in [0.25, 0.3) is 11.3 Å². The third kappa shape index (κ3) is 6.70. The highest BCUT2D eigenvalue weighted by atomic mass is 35.5. The van der Waals surface area contributed by atoms with E-state index in [1.807, 2.05) is 55.5 Å². The fourth-order valence-electron chi connectivity index (χ4n) is 5.68. The van der Waals surface area contributed by atoms with E-state index in [9.17, 15) is 9.59 Å². The molecule has 8 heteroatoms. The lowest BCUT2D eigenvalue weighted by molar-refractivity contribution is -0.110. The van der Waals surface area contributed by atoms with Crippen molar-refractivity contribution in [2.24, 2.45) is 0 Å². The summed E-state index contributed by atoms with van der Waals surface area (Å²) in [6.07, 6.45) is 0. The number of nitrogens with one attached hydrogen (secondary N) is 3. The van der Waals surface area contributed by atoms with E-state index in [2.05, 4.69) is 57.1 Å². The lowest BCUT2D eigenvalue weighted by Gasteiger charge is -2.32. The van der Waals surface area contributed by atoms with Gasteiger partial charge in [0, 0.05) is 60.2 Å². The smallest absolute Gasteiger partial charge is 0.258 e. The molecule has 1 atom stereocenters. The van der Waals surface area contributed by atoms with Gasteiger partial charge < -0.3 is 20.9 Å². The van der Waals surface area contributed by atoms with E-state index in [1.165, 1.54) is 5.56 Å². The largest absolute Gasteiger partial charge is 0.354 e. The molecule has 0 spiro atoms. The molecule has 2 heterocycles. The predicted octanol–water partition coefficient (Wildman–Crippen LogP) is 6.51. The van der Waals surface area contributed by atoms with E-state index in [0.29, 0.717) is 33.1 Å². The van der Waals surface area contributed by atoms with Crippen LogP contribution in [-0.2, 0) is 11.3 Å². The molecule has 224 valence electrons. The molecular weight excluding hydrogens is 570 g/mol. The molecule has 0 aliphatic carbocycles. The van der Waals surface area contributed by atoms with Crippen LogP contribution in [-0.4, -0.2) is 54.8 Å². The summed E-state index contributed by atoms with van der Waals surface area (Å²) < 4.78 is 0. The number of halogens is 1. The highest BCUT2D eigenvalue weighted by molar-refractivity contribution is 6.37. The summed E-state index contributed by atoms with van der Waals surface area (Å²) in [7, 11) is 2.17. The maximum Gasteiger partial charge on any atom is 0.258 e. The number of hydrogen-bond acceptors (Lipinski definition) is 5. The number of likely N-dealkylation sites (N-methyl/N-ethyl adjacent to an activating group) is 1. The second-order valence-corrected chi connectivity index (χ2v) is 11.9. The van der Waals surface area contributed by atoms with E-state index in [1.54, 1.807) is 24.3 Å². The van der Waals surface area contributed by atoms with E-state index in [4.69, 9.17) is 11.6 Å². The monoisotopic (exact) mass is 605 g/mol. The summed E-state index contributed by atoms with van der Waals surface area (Å²) in [6, 6.07) is 30.7. The predicted molar refractivity (Wildman–Crippen MR) is 178 cm³/mol. The van der Waals surface area contributed by atoms with Crippen molar-refractivity contribution >= 4 is 46.1 Å². The Labute approximate surface area is 263 Å². The van der Waals surface area contributed by atoms with Gasteiger partial charge in [0.25, 0.3) is 11.8 Å². The van der Waals surface area contributed by atoms with Gasteiger partial charge in [-0.15, -0.1) is 0 Å². The van der Waals surface area contributed by atoms with Gasteiger partial charge in [0.1, 0.15) is 0 Å². The quantitative estimate of drug-likeness (QED) is 0.200. The van der Waals surface area contributed by atoms with Crippen LogP contribution in [0.1, 0.15) is 45.6 Å². The van der Waals surface area contributed by atoms with E-state index < -0.39 is 0 Å². The van der Waals surface area contributed by atoms with Crippen molar-refractivity contribution in [3.05, 3.63) is 130 Å². The fourth-order valence-corrected chi connectivity index (χ4v) is 5.88. The summed E-state index contributed by atoms with van der Waals surface area (Å²) in [5.41, 5.74) is 6.89. The van der Waals surface area contributed by atoms with Gasteiger partial charge in [0.15, 0.2) is 0 Å². The molecule has 2 aliphatic rings. The molecule has 0 unspecified atom stereocenters. The van der Waals surface area contributed by atoms with Gasteiger partial charge >= 0.3 is 0 Å². The van der Waals surface area contributed by atoms with E-state index in [0.717, 1.165) is 49.5 Å². The number of hydrogen-bond donors (Lipinski definition) is 3. The van der Waals surface area contributed by atoms with Crippen molar-refractivity contribution in [2.45, 2.75) is 19.5 Å². The Morgan fingerprint density at radius 2 is 1.64 bits per heavy atom. The number of piperazine rings is 1. The van der Waals surface area contributed by atoms with Crippen LogP contribution in [0, 0.1) is 0 Å². The molecule has 2 amide bonds. The summed E-state index contributed by atoms with van der Waals surface area (Å²) in [4.78, 5) is 31.6. The van der Waals surface area contributed by atoms with Crippen LogP contribution in [0.3, 0.4) is 0 Å². The van der Waals surface area contributed by atoms with Crippen LogP contribution in [0.5, 0.6) is 0 Å². The van der Waals surface area contributed by atoms with Crippen LogP contribution in [0.2, 0.25) is 5.02 Å². The zero-order valence-corrected chi connectivity index (χ0v) is 25.7. The molecular formula is C36H36ClN5O2. The van der Waals surface area contributed by atoms with E-state index >= 15 is 0 Å². The number of rotatable bonds is 8. The van der Waals surface area contributed by atoms with Gasteiger partial charge in [-0.3, -0.25) is 14.5 Å². The number of carbonyl (C=O) groups excluding carboxylic acids is 2. The van der Waals surface area contributed by atoms with Gasteiger partial charge in [-0.1, -0.05) is 66.2 Å². The molecule has 44 heavy (non-hydrogen) atoms. The zero-order valence-electron chi connectivity index (χ0n) is 24.9. The van der Waals surface area contributed by atoms with Crippen LogP contribution >= 0.6 is 11.6 Å². The van der Waals surface area contributed by atoms with Crippen molar-refractivity contribution in [2.75, 3.05) is 43.9 Å². The van der Waals surface area contributed by atoms with Crippen molar-refractivity contribution < 1.29 is 9.59 Å². The number of anilines is 2. The van der Waals surface area contributed by atoms with Gasteiger partial charge in [-0.2, -0.15) is 0 Å². The number of benzene rings is 4. The SMILES string of the molecule is C[C@@H](NC(=O)c1ccc2c(c1)C(=C(Nc1ccc(CN3CCN(C)CC3)cc1)c1ccccc1)C(=O)N2)c1cccc(Cl)c1. The molecule has 2 aliphatic heterocycles. The second kappa shape index (κ2) is 13.1. The topological polar surface area (TPSA) is 76.7 Å². The first kappa shape index (κ1) is 29.6. The minimum absolute atomic E-state index is 0.220. The van der Waals surface area contributed by atoms with Gasteiger partial charge in [-0.25, -0.2) is 0 Å². The minimum Gasteiger partial charge on any atom is -0.354 e. The van der Waals surface area contributed by atoms with Crippen molar-refractivity contribution in [3.63, 3.8) is 0 Å². The Morgan fingerprint density at radius 1 is 0.886 bits per heavy atom. The minimum atomic E-state index is -0.245. The maximum absolute atomic E-state index is 13.5. The lowest BCUT2D eigenvalue weighted by Crippen LogP contribution is -2.43. The van der Waals surface area contributed by atoms with Crippen molar-refractivity contribution in [3.8, 4) is 0 Å². The second-order valence-electron chi connectivity index (χ2n) is 11.5. The molecule has 0 radical (unpaired) electrons. The summed E-state index contributed by atoms with van der Waals surface area (Å²) in [5, 5.41) is 10.2. The standard InChI is InChI=1S/C36H36ClN5O2/c1-24(27-9-6-10-29(37)21-27)38-35(43)28-13-16-32-31(22-28)33(36(44)40-32)34(26-7-4-3-5-8-26)39-30-14-11-25(12-15-30)23-42-19-17-41(2)18-20-42/h3-16,21-22,24,39H,17-20,23H2,1-2H3,(H,38,43)(H,40,44)/t24-/m1/s1. The highest BCUT2D eigenvalue weighted by Crippen LogP contribution is 2.38. The number of fused-ring (bicyclic) bond motifs is 1. The number of nitrogens with zero attached hydrogens (tertiary/aromatic N) is 2. The van der Waals surface area contributed by atoms with Crippen LogP contribution in [0.15, 0.2) is 97.1 Å². The number of amides is 2. The van der Waals surface area contributed by atoms with E-state index in [-0.39, 0.29) is 17.9 Å². The van der Waals surface area contributed by atoms with Crippen LogP contribution in [0.4, 0.5) is 11.4 Å². The van der Waals surface area contributed by atoms with Crippen LogP contribution < -0.4 is 16.0 Å². The Morgan fingerprint density at radius 3 is 2.36 bits per heavy atom. The Hall–Kier alpha value is -4.43.